The second kappa shape index (κ2) is 4.40. The summed E-state index contributed by atoms with van der Waals surface area (Å²) in [6, 6.07) is 0. The number of aromatic nitrogens is 2. The first-order chi connectivity index (χ1) is 9.87. The Morgan fingerprint density at radius 1 is 1.40 bits per heavy atom. The maximum atomic E-state index is 5.17. The molecule has 0 N–H and O–H groups in total. The lowest BCUT2D eigenvalue weighted by Gasteiger charge is -2.35. The number of methoxy groups -OCH3 is 1. The Bertz CT molecular complexity index is 671. The molecule has 0 aromatic carbocycles. The predicted molar refractivity (Wildman–Crippen MR) is 81.5 cm³/mol. The summed E-state index contributed by atoms with van der Waals surface area (Å²) in [5.74, 6) is 1.61. The molecule has 1 aromatic rings. The third-order valence-corrected chi connectivity index (χ3v) is 4.75. The largest absolute Gasteiger partial charge is 0.374 e. The van der Waals surface area contributed by atoms with E-state index < -0.39 is 0 Å². The average Bonchev–Trinajstić information content (AvgIpc) is 3.01. The lowest BCUT2D eigenvalue weighted by atomic mass is 9.88. The Labute approximate surface area is 122 Å². The molecule has 1 aliphatic carbocycles. The monoisotopic (exact) mass is 285 g/mol. The molecule has 1 spiro atoms. The first-order valence-corrected chi connectivity index (χ1v) is 7.59. The minimum Gasteiger partial charge on any atom is -0.374 e. The molecule has 4 rings (SSSR count). The molecule has 1 aromatic heterocycles. The molecule has 2 aliphatic heterocycles. The summed E-state index contributed by atoms with van der Waals surface area (Å²) in [4.78, 5) is 6.83. The van der Waals surface area contributed by atoms with Gasteiger partial charge in [0, 0.05) is 13.3 Å². The van der Waals surface area contributed by atoms with Crippen molar-refractivity contribution in [2.45, 2.75) is 17.0 Å². The zero-order chi connectivity index (χ0) is 13.6. The molecule has 1 unspecified atom stereocenters. The topological polar surface area (TPSA) is 30.3 Å². The molecule has 3 aliphatic rings. The van der Waals surface area contributed by atoms with Gasteiger partial charge in [0.2, 0.25) is 5.95 Å². The quantitative estimate of drug-likeness (QED) is 0.485. The normalized spacial score (nSPS) is 25.4. The van der Waals surface area contributed by atoms with Crippen LogP contribution in [0.25, 0.3) is 5.70 Å². The number of thioether (sulfide) groups is 1. The molecule has 0 saturated carbocycles. The number of hydrogen-bond acceptors (Lipinski definition) is 4. The van der Waals surface area contributed by atoms with E-state index in [9.17, 15) is 0 Å². The van der Waals surface area contributed by atoms with Gasteiger partial charge in [0.15, 0.2) is 0 Å². The zero-order valence-corrected chi connectivity index (χ0v) is 12.0. The van der Waals surface area contributed by atoms with E-state index in [1.165, 1.54) is 5.70 Å². The van der Waals surface area contributed by atoms with Crippen molar-refractivity contribution in [1.82, 2.24) is 9.55 Å². The Morgan fingerprint density at radius 3 is 3.25 bits per heavy atom. The van der Waals surface area contributed by atoms with Crippen molar-refractivity contribution in [3.63, 3.8) is 0 Å². The van der Waals surface area contributed by atoms with Gasteiger partial charge in [0.1, 0.15) is 10.6 Å². The predicted octanol–water partition coefficient (Wildman–Crippen LogP) is 3.02. The van der Waals surface area contributed by atoms with Crippen LogP contribution >= 0.6 is 11.8 Å². The Morgan fingerprint density at radius 2 is 2.35 bits per heavy atom. The summed E-state index contributed by atoms with van der Waals surface area (Å²) in [5, 5.41) is 1.12. The number of hydrogen-bond donors (Lipinski definition) is 0. The molecule has 0 radical (unpaired) electrons. The molecule has 0 fully saturated rings. The van der Waals surface area contributed by atoms with Gasteiger partial charge in [-0.3, -0.25) is 9.47 Å². The van der Waals surface area contributed by atoms with Crippen molar-refractivity contribution >= 4 is 23.4 Å². The first-order valence-electron chi connectivity index (χ1n) is 6.60. The SMILES string of the molecule is COCSc1cnc2n1C1=CCC=CC13C=CC=CN23. The third-order valence-electron chi connectivity index (χ3n) is 3.82. The molecular formula is C15H15N3OS. The number of fused-ring (bicyclic) bond motifs is 3. The lowest BCUT2D eigenvalue weighted by molar-refractivity contribution is 0.258. The van der Waals surface area contributed by atoms with Crippen molar-refractivity contribution in [2.24, 2.45) is 0 Å². The summed E-state index contributed by atoms with van der Waals surface area (Å²) >= 11 is 1.67. The van der Waals surface area contributed by atoms with Gasteiger partial charge in [0.05, 0.1) is 17.8 Å². The molecule has 102 valence electrons. The molecular weight excluding hydrogens is 270 g/mol. The summed E-state index contributed by atoms with van der Waals surface area (Å²) in [5.41, 5.74) is 1.07. The van der Waals surface area contributed by atoms with Crippen LogP contribution in [0.2, 0.25) is 0 Å². The third kappa shape index (κ3) is 1.45. The molecule has 0 bridgehead atoms. The van der Waals surface area contributed by atoms with Crippen LogP contribution < -0.4 is 4.90 Å². The van der Waals surface area contributed by atoms with E-state index in [4.69, 9.17) is 4.74 Å². The summed E-state index contributed by atoms with van der Waals surface area (Å²) < 4.78 is 7.42. The van der Waals surface area contributed by atoms with E-state index in [1.807, 2.05) is 6.20 Å². The fraction of sp³-hybridized carbons (Fsp3) is 0.267. The van der Waals surface area contributed by atoms with E-state index in [-0.39, 0.29) is 5.54 Å². The van der Waals surface area contributed by atoms with Crippen molar-refractivity contribution in [2.75, 3.05) is 17.9 Å². The van der Waals surface area contributed by atoms with Gasteiger partial charge in [-0.05, 0) is 18.6 Å². The average molecular weight is 285 g/mol. The Kier molecular flexibility index (Phi) is 2.65. The van der Waals surface area contributed by atoms with E-state index in [0.717, 1.165) is 17.4 Å². The van der Waals surface area contributed by atoms with Gasteiger partial charge in [-0.2, -0.15) is 0 Å². The summed E-state index contributed by atoms with van der Waals surface area (Å²) in [6.45, 7) is 0. The van der Waals surface area contributed by atoms with Gasteiger partial charge in [-0.15, -0.1) is 0 Å². The van der Waals surface area contributed by atoms with E-state index in [1.54, 1.807) is 18.9 Å². The van der Waals surface area contributed by atoms with Crippen LogP contribution in [0.1, 0.15) is 6.42 Å². The van der Waals surface area contributed by atoms with Gasteiger partial charge in [-0.25, -0.2) is 4.98 Å². The van der Waals surface area contributed by atoms with E-state index in [0.29, 0.717) is 5.94 Å². The first kappa shape index (κ1) is 12.1. The highest BCUT2D eigenvalue weighted by Gasteiger charge is 2.47. The van der Waals surface area contributed by atoms with Crippen LogP contribution in [-0.2, 0) is 4.74 Å². The maximum Gasteiger partial charge on any atom is 0.216 e. The number of anilines is 1. The Hall–Kier alpha value is -1.72. The minimum absolute atomic E-state index is 0.195. The van der Waals surface area contributed by atoms with Crippen LogP contribution in [0.4, 0.5) is 5.95 Å². The fourth-order valence-electron chi connectivity index (χ4n) is 3.01. The van der Waals surface area contributed by atoms with Crippen molar-refractivity contribution in [3.05, 3.63) is 48.9 Å². The highest BCUT2D eigenvalue weighted by Crippen LogP contribution is 2.48. The fourth-order valence-corrected chi connectivity index (χ4v) is 3.68. The second-order valence-corrected chi connectivity index (χ2v) is 5.85. The van der Waals surface area contributed by atoms with Crippen LogP contribution in [0.3, 0.4) is 0 Å². The van der Waals surface area contributed by atoms with Gasteiger partial charge in [0.25, 0.3) is 0 Å². The van der Waals surface area contributed by atoms with Gasteiger partial charge >= 0.3 is 0 Å². The number of nitrogens with zero attached hydrogens (tertiary/aromatic N) is 3. The van der Waals surface area contributed by atoms with Gasteiger partial charge in [-0.1, -0.05) is 36.1 Å². The standard InChI is InChI=1S/C15H15N3OS/c1-19-11-20-13-10-16-14-17-9-5-4-8-15(17)7-3-2-6-12(15)18(13)14/h3-10H,2,11H2,1H3. The lowest BCUT2D eigenvalue weighted by Crippen LogP contribution is -2.41. The van der Waals surface area contributed by atoms with E-state index >= 15 is 0 Å². The van der Waals surface area contributed by atoms with Crippen LogP contribution in [0.15, 0.2) is 53.9 Å². The number of allylic oxidation sites excluding steroid dienone is 4. The van der Waals surface area contributed by atoms with Crippen molar-refractivity contribution in [1.29, 1.82) is 0 Å². The minimum atomic E-state index is -0.195. The van der Waals surface area contributed by atoms with Crippen LogP contribution in [-0.4, -0.2) is 28.1 Å². The molecule has 4 nitrogen and oxygen atoms in total. The molecule has 20 heavy (non-hydrogen) atoms. The zero-order valence-electron chi connectivity index (χ0n) is 11.2. The van der Waals surface area contributed by atoms with Gasteiger partial charge < -0.3 is 4.74 Å². The van der Waals surface area contributed by atoms with Crippen molar-refractivity contribution in [3.8, 4) is 0 Å². The summed E-state index contributed by atoms with van der Waals surface area (Å²) in [7, 11) is 1.72. The molecule has 3 heterocycles. The second-order valence-electron chi connectivity index (χ2n) is 4.91. The van der Waals surface area contributed by atoms with Crippen molar-refractivity contribution < 1.29 is 4.74 Å². The van der Waals surface area contributed by atoms with E-state index in [2.05, 4.69) is 57.1 Å². The Balaban J connectivity index is 1.87. The maximum absolute atomic E-state index is 5.17. The number of rotatable bonds is 3. The van der Waals surface area contributed by atoms with Crippen LogP contribution in [0, 0.1) is 0 Å². The smallest absolute Gasteiger partial charge is 0.216 e. The van der Waals surface area contributed by atoms with Crippen LogP contribution in [0.5, 0.6) is 0 Å². The molecule has 0 amide bonds. The molecule has 1 atom stereocenters. The number of imidazole rings is 1. The highest BCUT2D eigenvalue weighted by molar-refractivity contribution is 7.99. The molecule has 0 saturated heterocycles. The summed E-state index contributed by atoms with van der Waals surface area (Å²) in [6.07, 6.45) is 18.1. The molecule has 5 heteroatoms. The highest BCUT2D eigenvalue weighted by atomic mass is 32.2. The number of ether oxygens (including phenoxy) is 1.